The number of hydrogen-bond acceptors (Lipinski definition) is 7. The summed E-state index contributed by atoms with van der Waals surface area (Å²) in [5.41, 5.74) is 2.08. The Balaban J connectivity index is 1.71. The summed E-state index contributed by atoms with van der Waals surface area (Å²) in [6.07, 6.45) is 4.42. The number of methoxy groups -OCH3 is 1. The first-order valence-electron chi connectivity index (χ1n) is 8.93. The van der Waals surface area contributed by atoms with Crippen molar-refractivity contribution in [1.29, 1.82) is 0 Å². The maximum Gasteiger partial charge on any atom is 0.341 e. The molecule has 0 saturated carbocycles. The van der Waals surface area contributed by atoms with Gasteiger partial charge in [-0.25, -0.2) is 18.9 Å². The van der Waals surface area contributed by atoms with Crippen LogP contribution in [0.15, 0.2) is 41.3 Å². The number of esters is 1. The Hall–Kier alpha value is -3.34. The Morgan fingerprint density at radius 2 is 2.07 bits per heavy atom. The Morgan fingerprint density at radius 1 is 1.23 bits per heavy atom. The molecule has 0 aliphatic heterocycles. The number of halogens is 2. The first kappa shape index (κ1) is 20.0. The number of carbonyl (C=O) groups excluding carboxylic acids is 1. The molecule has 1 aromatic carbocycles. The lowest BCUT2D eigenvalue weighted by Gasteiger charge is -2.08. The third-order valence-electron chi connectivity index (χ3n) is 4.25. The Morgan fingerprint density at radius 3 is 2.80 bits per heavy atom. The summed E-state index contributed by atoms with van der Waals surface area (Å²) in [5, 5.41) is 8.47. The monoisotopic (exact) mass is 474 g/mol. The molecule has 30 heavy (non-hydrogen) atoms. The molecule has 3 heterocycles. The van der Waals surface area contributed by atoms with Gasteiger partial charge in [-0.1, -0.05) is 6.07 Å². The van der Waals surface area contributed by atoms with E-state index in [0.29, 0.717) is 22.1 Å². The lowest BCUT2D eigenvalue weighted by Crippen LogP contribution is -2.07. The summed E-state index contributed by atoms with van der Waals surface area (Å²) >= 11 is 3.14. The van der Waals surface area contributed by atoms with Crippen LogP contribution in [0, 0.1) is 5.82 Å². The highest BCUT2D eigenvalue weighted by atomic mass is 79.9. The topological polar surface area (TPSA) is 97.0 Å². The van der Waals surface area contributed by atoms with Crippen LogP contribution in [0.3, 0.4) is 0 Å². The van der Waals surface area contributed by atoms with Crippen molar-refractivity contribution in [2.75, 3.05) is 13.7 Å². The summed E-state index contributed by atoms with van der Waals surface area (Å²) < 4.78 is 27.6. The van der Waals surface area contributed by atoms with Crippen LogP contribution in [0.5, 0.6) is 5.88 Å². The maximum atomic E-state index is 13.8. The van der Waals surface area contributed by atoms with E-state index in [4.69, 9.17) is 9.47 Å². The predicted octanol–water partition coefficient (Wildman–Crippen LogP) is 3.15. The van der Waals surface area contributed by atoms with E-state index in [0.717, 1.165) is 5.56 Å². The molecular weight excluding hydrogens is 459 g/mol. The fourth-order valence-electron chi connectivity index (χ4n) is 2.88. The van der Waals surface area contributed by atoms with Gasteiger partial charge in [0.05, 0.1) is 42.7 Å². The van der Waals surface area contributed by atoms with Crippen molar-refractivity contribution >= 4 is 32.9 Å². The fraction of sp³-hybridized carbons (Fsp3) is 0.211. The van der Waals surface area contributed by atoms with Crippen molar-refractivity contribution in [2.45, 2.75) is 13.5 Å². The van der Waals surface area contributed by atoms with Gasteiger partial charge in [0.15, 0.2) is 0 Å². The molecule has 9 nitrogen and oxygen atoms in total. The zero-order valence-electron chi connectivity index (χ0n) is 16.0. The molecule has 0 fully saturated rings. The van der Waals surface area contributed by atoms with Crippen molar-refractivity contribution in [3.05, 3.63) is 58.2 Å². The van der Waals surface area contributed by atoms with E-state index in [1.54, 1.807) is 29.9 Å². The molecule has 154 valence electrons. The third kappa shape index (κ3) is 3.75. The molecule has 0 atom stereocenters. The molecule has 0 saturated heterocycles. The Labute approximate surface area is 178 Å². The number of ether oxygens (including phenoxy) is 2. The average Bonchev–Trinajstić information content (AvgIpc) is 3.38. The van der Waals surface area contributed by atoms with Crippen molar-refractivity contribution in [1.82, 2.24) is 29.5 Å². The normalized spacial score (nSPS) is 11.1. The zero-order chi connectivity index (χ0) is 21.3. The number of aromatic nitrogens is 6. The lowest BCUT2D eigenvalue weighted by atomic mass is 10.2. The summed E-state index contributed by atoms with van der Waals surface area (Å²) in [6, 6.07) is 4.87. The van der Waals surface area contributed by atoms with E-state index < -0.39 is 5.97 Å². The van der Waals surface area contributed by atoms with Crippen LogP contribution in [0.25, 0.3) is 17.0 Å². The molecule has 11 heteroatoms. The van der Waals surface area contributed by atoms with Crippen LogP contribution < -0.4 is 4.74 Å². The largest absolute Gasteiger partial charge is 0.479 e. The third-order valence-corrected chi connectivity index (χ3v) is 4.90. The Bertz CT molecular complexity index is 1240. The zero-order valence-corrected chi connectivity index (χ0v) is 17.6. The smallest absolute Gasteiger partial charge is 0.341 e. The highest BCUT2D eigenvalue weighted by molar-refractivity contribution is 9.10. The quantitative estimate of drug-likeness (QED) is 0.396. The van der Waals surface area contributed by atoms with Gasteiger partial charge in [0.1, 0.15) is 16.9 Å². The molecule has 4 rings (SSSR count). The number of fused-ring (bicyclic) bond motifs is 1. The van der Waals surface area contributed by atoms with E-state index in [2.05, 4.69) is 36.1 Å². The summed E-state index contributed by atoms with van der Waals surface area (Å²) in [5.74, 6) is -0.348. The maximum absolute atomic E-state index is 13.8. The van der Waals surface area contributed by atoms with Crippen molar-refractivity contribution in [2.24, 2.45) is 0 Å². The SMILES string of the molecule is CCOC(=O)c1cnn(-c2nc(OC)c3c(cnn3Cc3ccc(Br)c(F)c3)n2)c1. The fourth-order valence-corrected chi connectivity index (χ4v) is 3.13. The molecular formula is C19H16BrFN6O3. The van der Waals surface area contributed by atoms with E-state index in [1.165, 1.54) is 30.3 Å². The van der Waals surface area contributed by atoms with Gasteiger partial charge in [-0.05, 0) is 40.5 Å². The van der Waals surface area contributed by atoms with Gasteiger partial charge in [-0.3, -0.25) is 4.68 Å². The van der Waals surface area contributed by atoms with Gasteiger partial charge < -0.3 is 9.47 Å². The molecule has 0 radical (unpaired) electrons. The van der Waals surface area contributed by atoms with Crippen molar-refractivity contribution < 1.29 is 18.7 Å². The molecule has 0 aliphatic carbocycles. The number of nitrogens with zero attached hydrogens (tertiary/aromatic N) is 6. The van der Waals surface area contributed by atoms with Crippen LogP contribution in [0.2, 0.25) is 0 Å². The van der Waals surface area contributed by atoms with Crippen LogP contribution in [0.1, 0.15) is 22.8 Å². The molecule has 3 aromatic heterocycles. The van der Waals surface area contributed by atoms with Crippen molar-refractivity contribution in [3.63, 3.8) is 0 Å². The molecule has 0 N–H and O–H groups in total. The van der Waals surface area contributed by atoms with Crippen LogP contribution >= 0.6 is 15.9 Å². The summed E-state index contributed by atoms with van der Waals surface area (Å²) in [6.45, 7) is 2.30. The lowest BCUT2D eigenvalue weighted by molar-refractivity contribution is 0.0526. The van der Waals surface area contributed by atoms with Gasteiger partial charge in [-0.15, -0.1) is 0 Å². The van der Waals surface area contributed by atoms with Gasteiger partial charge >= 0.3 is 5.97 Å². The molecule has 0 amide bonds. The van der Waals surface area contributed by atoms with E-state index in [9.17, 15) is 9.18 Å². The standard InChI is InChI=1S/C19H16BrFN6O3/c1-3-30-18(28)12-7-22-27(10-12)19-24-15-8-23-26(16(15)17(25-19)29-2)9-11-4-5-13(20)14(21)6-11/h4-8,10H,3,9H2,1-2H3. The summed E-state index contributed by atoms with van der Waals surface area (Å²) in [4.78, 5) is 20.7. The molecule has 0 unspecified atom stereocenters. The van der Waals surface area contributed by atoms with E-state index in [1.807, 2.05) is 0 Å². The first-order valence-corrected chi connectivity index (χ1v) is 9.73. The Kier molecular flexibility index (Phi) is 5.44. The van der Waals surface area contributed by atoms with Gasteiger partial charge in [-0.2, -0.15) is 15.2 Å². The second kappa shape index (κ2) is 8.19. The van der Waals surface area contributed by atoms with Crippen LogP contribution in [0.4, 0.5) is 4.39 Å². The highest BCUT2D eigenvalue weighted by Crippen LogP contribution is 2.25. The minimum atomic E-state index is -0.480. The number of hydrogen-bond donors (Lipinski definition) is 0. The predicted molar refractivity (Wildman–Crippen MR) is 108 cm³/mol. The van der Waals surface area contributed by atoms with Gasteiger partial charge in [0, 0.05) is 6.20 Å². The number of carbonyl (C=O) groups is 1. The second-order valence-electron chi connectivity index (χ2n) is 6.21. The minimum absolute atomic E-state index is 0.212. The second-order valence-corrected chi connectivity index (χ2v) is 7.07. The molecule has 0 aliphatic rings. The number of rotatable bonds is 6. The van der Waals surface area contributed by atoms with Crippen LogP contribution in [-0.4, -0.2) is 49.2 Å². The first-order chi connectivity index (χ1) is 14.5. The number of benzene rings is 1. The molecule has 0 spiro atoms. The van der Waals surface area contributed by atoms with Crippen molar-refractivity contribution in [3.8, 4) is 11.8 Å². The van der Waals surface area contributed by atoms with Gasteiger partial charge in [0.25, 0.3) is 5.95 Å². The van der Waals surface area contributed by atoms with E-state index in [-0.39, 0.29) is 29.8 Å². The summed E-state index contributed by atoms with van der Waals surface area (Å²) in [7, 11) is 1.48. The van der Waals surface area contributed by atoms with Gasteiger partial charge in [0.2, 0.25) is 5.88 Å². The minimum Gasteiger partial charge on any atom is -0.479 e. The van der Waals surface area contributed by atoms with E-state index >= 15 is 0 Å². The highest BCUT2D eigenvalue weighted by Gasteiger charge is 2.18. The van der Waals surface area contributed by atoms with Crippen LogP contribution in [-0.2, 0) is 11.3 Å². The molecule has 4 aromatic rings. The molecule has 0 bridgehead atoms. The average molecular weight is 475 g/mol.